The van der Waals surface area contributed by atoms with Crippen LogP contribution in [0.2, 0.25) is 0 Å². The summed E-state index contributed by atoms with van der Waals surface area (Å²) in [6, 6.07) is 14.7. The van der Waals surface area contributed by atoms with E-state index >= 15 is 0 Å². The van der Waals surface area contributed by atoms with Crippen molar-refractivity contribution in [3.63, 3.8) is 0 Å². The van der Waals surface area contributed by atoms with Crippen LogP contribution < -0.4 is 4.74 Å². The lowest BCUT2D eigenvalue weighted by atomic mass is 9.89. The van der Waals surface area contributed by atoms with Crippen molar-refractivity contribution in [3.05, 3.63) is 64.7 Å². The monoisotopic (exact) mass is 448 g/mol. The number of carbonyl (C=O) groups is 2. The van der Waals surface area contributed by atoms with Crippen LogP contribution in [0.1, 0.15) is 59.7 Å². The largest absolute Gasteiger partial charge is 0.497 e. The summed E-state index contributed by atoms with van der Waals surface area (Å²) in [6.45, 7) is 6.28. The first-order chi connectivity index (χ1) is 16.0. The number of likely N-dealkylation sites (tertiary alicyclic amines) is 1. The minimum atomic E-state index is 0.164. The van der Waals surface area contributed by atoms with Gasteiger partial charge >= 0.3 is 0 Å². The number of fused-ring (bicyclic) bond motifs is 1. The molecule has 0 spiro atoms. The molecule has 1 amide bonds. The molecule has 33 heavy (non-hydrogen) atoms. The number of rotatable bonds is 7. The molecule has 0 atom stereocenters. The van der Waals surface area contributed by atoms with E-state index in [1.54, 1.807) is 14.0 Å². The molecule has 0 unspecified atom stereocenters. The highest BCUT2D eigenvalue weighted by molar-refractivity contribution is 5.96. The van der Waals surface area contributed by atoms with Crippen LogP contribution in [0.4, 0.5) is 0 Å². The normalized spacial score (nSPS) is 17.3. The van der Waals surface area contributed by atoms with E-state index < -0.39 is 0 Å². The number of amides is 1. The number of hydrogen-bond acceptors (Lipinski definition) is 4. The molecule has 2 heterocycles. The second-order valence-electron chi connectivity index (χ2n) is 9.52. The summed E-state index contributed by atoms with van der Waals surface area (Å²) in [6.07, 6.45) is 5.57. The number of ether oxygens (including phenoxy) is 1. The van der Waals surface area contributed by atoms with E-state index in [4.69, 9.17) is 4.74 Å². The fraction of sp³-hybridized carbons (Fsp3) is 0.500. The molecule has 0 aliphatic carbocycles. The Morgan fingerprint density at radius 2 is 1.64 bits per heavy atom. The quantitative estimate of drug-likeness (QED) is 0.585. The van der Waals surface area contributed by atoms with Crippen LogP contribution in [-0.2, 0) is 24.2 Å². The van der Waals surface area contributed by atoms with Gasteiger partial charge in [0.25, 0.3) is 0 Å². The predicted molar refractivity (Wildman–Crippen MR) is 131 cm³/mol. The molecule has 2 aromatic carbocycles. The zero-order valence-corrected chi connectivity index (χ0v) is 20.0. The Balaban J connectivity index is 1.29. The lowest BCUT2D eigenvalue weighted by molar-refractivity contribution is -0.130. The van der Waals surface area contributed by atoms with Crippen molar-refractivity contribution in [1.29, 1.82) is 0 Å². The van der Waals surface area contributed by atoms with Crippen molar-refractivity contribution >= 4 is 11.7 Å². The Labute approximate surface area is 197 Å². The number of hydrogen-bond donors (Lipinski definition) is 0. The molecule has 0 radical (unpaired) electrons. The van der Waals surface area contributed by atoms with Crippen LogP contribution in [0.25, 0.3) is 0 Å². The van der Waals surface area contributed by atoms with Gasteiger partial charge in [-0.15, -0.1) is 0 Å². The van der Waals surface area contributed by atoms with Gasteiger partial charge in [0, 0.05) is 51.6 Å². The SMILES string of the molecule is COc1ccc(CN2CCc3ccc(C(=O)CCC4CCN(C(C)=O)CC4)cc3CC2)cc1. The Bertz CT molecular complexity index is 962. The van der Waals surface area contributed by atoms with E-state index in [1.807, 2.05) is 23.1 Å². The van der Waals surface area contributed by atoms with E-state index in [0.29, 0.717) is 12.3 Å². The Morgan fingerprint density at radius 3 is 2.30 bits per heavy atom. The summed E-state index contributed by atoms with van der Waals surface area (Å²) in [5, 5.41) is 0. The molecule has 2 aromatic rings. The molecule has 0 N–H and O–H groups in total. The molecular weight excluding hydrogens is 412 g/mol. The van der Waals surface area contributed by atoms with Crippen molar-refractivity contribution in [1.82, 2.24) is 9.80 Å². The molecule has 0 aromatic heterocycles. The van der Waals surface area contributed by atoms with Crippen molar-refractivity contribution in [3.8, 4) is 5.75 Å². The van der Waals surface area contributed by atoms with Gasteiger partial charge in [0.15, 0.2) is 5.78 Å². The van der Waals surface area contributed by atoms with Gasteiger partial charge in [-0.3, -0.25) is 14.5 Å². The first kappa shape index (κ1) is 23.5. The highest BCUT2D eigenvalue weighted by Gasteiger charge is 2.22. The van der Waals surface area contributed by atoms with Crippen molar-refractivity contribution < 1.29 is 14.3 Å². The van der Waals surface area contributed by atoms with Crippen molar-refractivity contribution in [2.24, 2.45) is 5.92 Å². The minimum Gasteiger partial charge on any atom is -0.497 e. The van der Waals surface area contributed by atoms with E-state index in [1.165, 1.54) is 16.7 Å². The number of Topliss-reactive ketones (excluding diaryl/α,β-unsaturated/α-hetero) is 1. The van der Waals surface area contributed by atoms with Gasteiger partial charge in [0.2, 0.25) is 5.91 Å². The van der Waals surface area contributed by atoms with E-state index in [9.17, 15) is 9.59 Å². The van der Waals surface area contributed by atoms with E-state index in [2.05, 4.69) is 29.2 Å². The molecule has 0 bridgehead atoms. The first-order valence-corrected chi connectivity index (χ1v) is 12.3. The van der Waals surface area contributed by atoms with E-state index in [0.717, 1.165) is 76.1 Å². The molecule has 1 saturated heterocycles. The third kappa shape index (κ3) is 6.23. The molecule has 2 aliphatic heterocycles. The molecule has 4 rings (SSSR count). The van der Waals surface area contributed by atoms with Crippen LogP contribution in [-0.4, -0.2) is 54.8 Å². The van der Waals surface area contributed by atoms with Crippen LogP contribution in [0.5, 0.6) is 5.75 Å². The maximum absolute atomic E-state index is 12.9. The zero-order chi connectivity index (χ0) is 23.2. The number of carbonyl (C=O) groups excluding carboxylic acids is 2. The summed E-state index contributed by atoms with van der Waals surface area (Å²) < 4.78 is 5.26. The van der Waals surface area contributed by atoms with Gasteiger partial charge in [0.1, 0.15) is 5.75 Å². The Morgan fingerprint density at radius 1 is 0.939 bits per heavy atom. The maximum Gasteiger partial charge on any atom is 0.219 e. The predicted octanol–water partition coefficient (Wildman–Crippen LogP) is 4.52. The van der Waals surface area contributed by atoms with Gasteiger partial charge in [-0.2, -0.15) is 0 Å². The number of benzene rings is 2. The summed E-state index contributed by atoms with van der Waals surface area (Å²) in [5.41, 5.74) is 4.86. The highest BCUT2D eigenvalue weighted by Crippen LogP contribution is 2.25. The topological polar surface area (TPSA) is 49.9 Å². The molecule has 2 aliphatic rings. The number of nitrogens with zero attached hydrogens (tertiary/aromatic N) is 2. The van der Waals surface area contributed by atoms with Crippen LogP contribution >= 0.6 is 0 Å². The smallest absolute Gasteiger partial charge is 0.219 e. The minimum absolute atomic E-state index is 0.164. The fourth-order valence-electron chi connectivity index (χ4n) is 5.11. The molecule has 5 heteroatoms. The average Bonchev–Trinajstić information content (AvgIpc) is 3.05. The van der Waals surface area contributed by atoms with Crippen molar-refractivity contribution in [2.75, 3.05) is 33.3 Å². The third-order valence-electron chi connectivity index (χ3n) is 7.33. The van der Waals surface area contributed by atoms with Gasteiger partial charge in [-0.05, 0) is 72.9 Å². The summed E-state index contributed by atoms with van der Waals surface area (Å²) in [5.74, 6) is 1.86. The number of methoxy groups -OCH3 is 1. The van der Waals surface area contributed by atoms with E-state index in [-0.39, 0.29) is 11.7 Å². The molecule has 176 valence electrons. The Kier molecular flexibility index (Phi) is 7.81. The molecule has 1 fully saturated rings. The first-order valence-electron chi connectivity index (χ1n) is 12.3. The van der Waals surface area contributed by atoms with Crippen LogP contribution in [0, 0.1) is 5.92 Å². The summed E-state index contributed by atoms with van der Waals surface area (Å²) >= 11 is 0. The fourth-order valence-corrected chi connectivity index (χ4v) is 5.11. The maximum atomic E-state index is 12.9. The van der Waals surface area contributed by atoms with Crippen LogP contribution in [0.15, 0.2) is 42.5 Å². The lowest BCUT2D eigenvalue weighted by Gasteiger charge is -2.31. The average molecular weight is 449 g/mol. The second kappa shape index (κ2) is 11.0. The summed E-state index contributed by atoms with van der Waals surface area (Å²) in [4.78, 5) is 28.8. The van der Waals surface area contributed by atoms with Gasteiger partial charge in [0.05, 0.1) is 7.11 Å². The van der Waals surface area contributed by atoms with Crippen LogP contribution in [0.3, 0.4) is 0 Å². The van der Waals surface area contributed by atoms with Gasteiger partial charge in [-0.1, -0.05) is 24.3 Å². The Hall–Kier alpha value is -2.66. The number of ketones is 1. The lowest BCUT2D eigenvalue weighted by Crippen LogP contribution is -2.37. The number of piperidine rings is 1. The molecule has 0 saturated carbocycles. The highest BCUT2D eigenvalue weighted by atomic mass is 16.5. The molecule has 5 nitrogen and oxygen atoms in total. The molecular formula is C28H36N2O3. The van der Waals surface area contributed by atoms with Gasteiger partial charge < -0.3 is 9.64 Å². The third-order valence-corrected chi connectivity index (χ3v) is 7.33. The zero-order valence-electron chi connectivity index (χ0n) is 20.0. The van der Waals surface area contributed by atoms with Crippen molar-refractivity contribution in [2.45, 2.75) is 52.0 Å². The van der Waals surface area contributed by atoms with Gasteiger partial charge in [-0.25, -0.2) is 0 Å². The standard InChI is InChI=1S/C28H36N2O3/c1-21(31)30-17-11-22(12-18-30)5-10-28(32)26-7-6-24-13-15-29(16-14-25(24)19-26)20-23-3-8-27(33-2)9-4-23/h3-4,6-9,19,22H,5,10-18,20H2,1-2H3. The second-order valence-corrected chi connectivity index (χ2v) is 9.52. The summed E-state index contributed by atoms with van der Waals surface area (Å²) in [7, 11) is 1.69.